The van der Waals surface area contributed by atoms with Crippen LogP contribution in [-0.4, -0.2) is 30.6 Å². The minimum atomic E-state index is 0.251. The molecule has 0 aliphatic heterocycles. The molecule has 0 amide bonds. The van der Waals surface area contributed by atoms with E-state index in [1.54, 1.807) is 0 Å². The Morgan fingerprint density at radius 3 is 2.40 bits per heavy atom. The van der Waals surface area contributed by atoms with Gasteiger partial charge in [0.25, 0.3) is 0 Å². The van der Waals surface area contributed by atoms with Gasteiger partial charge in [0.05, 0.1) is 0 Å². The predicted octanol–water partition coefficient (Wildman–Crippen LogP) is 2.54. The second-order valence-corrected chi connectivity index (χ2v) is 5.03. The van der Waals surface area contributed by atoms with Crippen LogP contribution in [0.25, 0.3) is 0 Å². The third-order valence-electron chi connectivity index (χ3n) is 3.98. The van der Waals surface area contributed by atoms with Gasteiger partial charge in [0.1, 0.15) is 0 Å². The van der Waals surface area contributed by atoms with E-state index in [4.69, 9.17) is 5.73 Å². The Labute approximate surface area is 94.5 Å². The molecule has 0 bridgehead atoms. The molecule has 2 N–H and O–H groups in total. The topological polar surface area (TPSA) is 29.3 Å². The maximum absolute atomic E-state index is 6.38. The Bertz CT molecular complexity index is 193. The van der Waals surface area contributed by atoms with E-state index < -0.39 is 0 Å². The Morgan fingerprint density at radius 2 is 1.93 bits per heavy atom. The molecular weight excluding hydrogens is 184 g/mol. The zero-order valence-corrected chi connectivity index (χ0v) is 10.3. The lowest BCUT2D eigenvalue weighted by atomic mass is 9.74. The third kappa shape index (κ3) is 2.82. The Balaban J connectivity index is 2.66. The number of hydrogen-bond donors (Lipinski definition) is 1. The van der Waals surface area contributed by atoms with Crippen LogP contribution in [0.15, 0.2) is 12.7 Å². The van der Waals surface area contributed by atoms with E-state index in [1.165, 1.54) is 32.1 Å². The van der Waals surface area contributed by atoms with E-state index in [-0.39, 0.29) is 5.54 Å². The van der Waals surface area contributed by atoms with Crippen molar-refractivity contribution in [2.24, 2.45) is 5.73 Å². The molecule has 0 aromatic rings. The van der Waals surface area contributed by atoms with Gasteiger partial charge in [0.15, 0.2) is 0 Å². The van der Waals surface area contributed by atoms with Crippen LogP contribution in [-0.2, 0) is 0 Å². The van der Waals surface area contributed by atoms with Crippen molar-refractivity contribution in [3.8, 4) is 0 Å². The van der Waals surface area contributed by atoms with Gasteiger partial charge >= 0.3 is 0 Å². The fourth-order valence-corrected chi connectivity index (χ4v) is 2.88. The summed E-state index contributed by atoms with van der Waals surface area (Å²) < 4.78 is 0. The Morgan fingerprint density at radius 1 is 1.33 bits per heavy atom. The first-order valence-electron chi connectivity index (χ1n) is 6.17. The van der Waals surface area contributed by atoms with Crippen LogP contribution in [0.1, 0.15) is 44.9 Å². The molecular formula is C13H26N2. The first kappa shape index (κ1) is 12.7. The van der Waals surface area contributed by atoms with Crippen LogP contribution in [0.4, 0.5) is 0 Å². The van der Waals surface area contributed by atoms with Crippen molar-refractivity contribution in [2.75, 3.05) is 14.1 Å². The number of likely N-dealkylation sites (N-methyl/N-ethyl adjacent to an activating group) is 1. The smallest absolute Gasteiger partial charge is 0.0354 e. The van der Waals surface area contributed by atoms with Gasteiger partial charge in [0, 0.05) is 11.6 Å². The van der Waals surface area contributed by atoms with Crippen LogP contribution >= 0.6 is 0 Å². The maximum atomic E-state index is 6.38. The summed E-state index contributed by atoms with van der Waals surface area (Å²) >= 11 is 0. The highest BCUT2D eigenvalue weighted by Gasteiger charge is 2.39. The highest BCUT2D eigenvalue weighted by atomic mass is 15.2. The summed E-state index contributed by atoms with van der Waals surface area (Å²) in [4.78, 5) is 2.36. The van der Waals surface area contributed by atoms with Gasteiger partial charge in [-0.05, 0) is 39.8 Å². The number of nitrogens with zero attached hydrogens (tertiary/aromatic N) is 1. The average Bonchev–Trinajstić information content (AvgIpc) is 2.26. The molecule has 1 atom stereocenters. The van der Waals surface area contributed by atoms with E-state index in [0.717, 1.165) is 12.8 Å². The highest BCUT2D eigenvalue weighted by molar-refractivity contribution is 4.99. The van der Waals surface area contributed by atoms with Crippen molar-refractivity contribution in [3.63, 3.8) is 0 Å². The second-order valence-electron chi connectivity index (χ2n) is 5.03. The number of allylic oxidation sites excluding steroid dienone is 1. The molecule has 15 heavy (non-hydrogen) atoms. The lowest BCUT2D eigenvalue weighted by Gasteiger charge is -2.47. The normalized spacial score (nSPS) is 22.7. The van der Waals surface area contributed by atoms with Crippen LogP contribution in [0.5, 0.6) is 0 Å². The lowest BCUT2D eigenvalue weighted by Crippen LogP contribution is -2.58. The van der Waals surface area contributed by atoms with Crippen molar-refractivity contribution in [1.29, 1.82) is 0 Å². The molecule has 1 saturated carbocycles. The molecule has 0 radical (unpaired) electrons. The molecule has 1 rings (SSSR count). The monoisotopic (exact) mass is 210 g/mol. The minimum Gasteiger partial charge on any atom is -0.326 e. The third-order valence-corrected chi connectivity index (χ3v) is 3.98. The number of hydrogen-bond acceptors (Lipinski definition) is 2. The number of nitrogens with two attached hydrogens (primary N) is 1. The number of rotatable bonds is 5. The molecule has 88 valence electrons. The van der Waals surface area contributed by atoms with E-state index in [9.17, 15) is 0 Å². The molecule has 1 unspecified atom stereocenters. The zero-order valence-electron chi connectivity index (χ0n) is 10.3. The Hall–Kier alpha value is -0.340. The predicted molar refractivity (Wildman–Crippen MR) is 66.9 cm³/mol. The van der Waals surface area contributed by atoms with Crippen molar-refractivity contribution in [1.82, 2.24) is 4.90 Å². The van der Waals surface area contributed by atoms with Crippen LogP contribution < -0.4 is 5.73 Å². The summed E-state index contributed by atoms with van der Waals surface area (Å²) in [6, 6.07) is 0.297. The van der Waals surface area contributed by atoms with Crippen molar-refractivity contribution in [2.45, 2.75) is 56.5 Å². The molecule has 0 aromatic heterocycles. The van der Waals surface area contributed by atoms with Gasteiger partial charge in [-0.2, -0.15) is 0 Å². The van der Waals surface area contributed by atoms with Gasteiger partial charge in [-0.25, -0.2) is 0 Å². The molecule has 1 aliphatic carbocycles. The van der Waals surface area contributed by atoms with Gasteiger partial charge in [-0.3, -0.25) is 0 Å². The molecule has 1 fully saturated rings. The minimum absolute atomic E-state index is 0.251. The van der Waals surface area contributed by atoms with E-state index in [2.05, 4.69) is 25.6 Å². The molecule has 0 spiro atoms. The molecule has 1 aliphatic rings. The van der Waals surface area contributed by atoms with Gasteiger partial charge in [-0.1, -0.05) is 25.3 Å². The van der Waals surface area contributed by atoms with Gasteiger partial charge in [-0.15, -0.1) is 6.58 Å². The van der Waals surface area contributed by atoms with Gasteiger partial charge in [0.2, 0.25) is 0 Å². The average molecular weight is 210 g/mol. The van der Waals surface area contributed by atoms with Crippen molar-refractivity contribution < 1.29 is 0 Å². The lowest BCUT2D eigenvalue weighted by molar-refractivity contribution is 0.0688. The summed E-state index contributed by atoms with van der Waals surface area (Å²) in [7, 11) is 4.36. The second kappa shape index (κ2) is 5.66. The highest BCUT2D eigenvalue weighted by Crippen LogP contribution is 2.35. The SMILES string of the molecule is C=CCCC(N)C1(N(C)C)CCCCC1. The molecule has 2 heteroatoms. The summed E-state index contributed by atoms with van der Waals surface area (Å²) in [6.07, 6.45) is 10.7. The van der Waals surface area contributed by atoms with E-state index >= 15 is 0 Å². The summed E-state index contributed by atoms with van der Waals surface area (Å²) in [5.41, 5.74) is 6.63. The standard InChI is InChI=1S/C13H26N2/c1-4-5-9-12(14)13(15(2)3)10-7-6-8-11-13/h4,12H,1,5-11,14H2,2-3H3. The van der Waals surface area contributed by atoms with E-state index in [1.807, 2.05) is 6.08 Å². The maximum Gasteiger partial charge on any atom is 0.0354 e. The molecule has 0 saturated heterocycles. The van der Waals surface area contributed by atoms with Gasteiger partial charge < -0.3 is 10.6 Å². The van der Waals surface area contributed by atoms with Crippen LogP contribution in [0.2, 0.25) is 0 Å². The molecule has 0 heterocycles. The summed E-state index contributed by atoms with van der Waals surface area (Å²) in [5, 5.41) is 0. The first-order chi connectivity index (χ1) is 7.13. The van der Waals surface area contributed by atoms with Crippen molar-refractivity contribution in [3.05, 3.63) is 12.7 Å². The van der Waals surface area contributed by atoms with Crippen LogP contribution in [0.3, 0.4) is 0 Å². The fraction of sp³-hybridized carbons (Fsp3) is 0.846. The summed E-state index contributed by atoms with van der Waals surface area (Å²) in [5.74, 6) is 0. The first-order valence-corrected chi connectivity index (χ1v) is 6.17. The fourth-order valence-electron chi connectivity index (χ4n) is 2.88. The largest absolute Gasteiger partial charge is 0.326 e. The van der Waals surface area contributed by atoms with Crippen molar-refractivity contribution >= 4 is 0 Å². The summed E-state index contributed by atoms with van der Waals surface area (Å²) in [6.45, 7) is 3.78. The quantitative estimate of drug-likeness (QED) is 0.707. The van der Waals surface area contributed by atoms with Crippen LogP contribution in [0, 0.1) is 0 Å². The molecule has 2 nitrogen and oxygen atoms in total. The van der Waals surface area contributed by atoms with E-state index in [0.29, 0.717) is 6.04 Å². The Kier molecular flexibility index (Phi) is 4.81. The molecule has 0 aromatic carbocycles. The zero-order chi connectivity index (χ0) is 11.3.